The van der Waals surface area contributed by atoms with Gasteiger partial charge in [0.1, 0.15) is 0 Å². The van der Waals surface area contributed by atoms with Gasteiger partial charge in [-0.05, 0) is 55.9 Å². The van der Waals surface area contributed by atoms with Crippen LogP contribution < -0.4 is 5.32 Å². The van der Waals surface area contributed by atoms with Crippen LogP contribution in [0.5, 0.6) is 0 Å². The monoisotopic (exact) mass is 346 g/mol. The van der Waals surface area contributed by atoms with E-state index in [0.29, 0.717) is 23.7 Å². The highest BCUT2D eigenvalue weighted by Gasteiger charge is 2.46. The zero-order chi connectivity index (χ0) is 18.1. The van der Waals surface area contributed by atoms with Crippen molar-refractivity contribution in [3.63, 3.8) is 0 Å². The summed E-state index contributed by atoms with van der Waals surface area (Å²) in [6, 6.07) is 4.59. The van der Waals surface area contributed by atoms with Gasteiger partial charge in [-0.1, -0.05) is 0 Å². The average Bonchev–Trinajstić information content (AvgIpc) is 2.61. The highest BCUT2D eigenvalue weighted by Crippen LogP contribution is 2.40. The lowest BCUT2D eigenvalue weighted by Crippen LogP contribution is -2.57. The zero-order valence-electron chi connectivity index (χ0n) is 14.3. The standard InChI is InChI=1S/C18H22N2O5/c1-10-7-12(4-5-13(10)17(22)23)19-16(21)14-8-11-3-6-15(14)20(9-11)18(24)25-2/h4-5,7,11,14-15H,3,6,8-9H2,1-2H3,(H,19,21)(H,22,23). The molecule has 3 atom stereocenters. The van der Waals surface area contributed by atoms with Crippen molar-refractivity contribution in [2.45, 2.75) is 32.2 Å². The number of nitrogens with one attached hydrogen (secondary N) is 1. The fraction of sp³-hybridized carbons (Fsp3) is 0.500. The third-order valence-electron chi connectivity index (χ3n) is 5.25. The molecule has 1 aromatic carbocycles. The van der Waals surface area contributed by atoms with Crippen LogP contribution in [0.25, 0.3) is 0 Å². The van der Waals surface area contributed by atoms with Gasteiger partial charge in [-0.2, -0.15) is 0 Å². The van der Waals surface area contributed by atoms with Crippen molar-refractivity contribution in [2.75, 3.05) is 19.0 Å². The summed E-state index contributed by atoms with van der Waals surface area (Å²) in [5.41, 5.74) is 1.37. The number of hydrogen-bond donors (Lipinski definition) is 2. The second-order valence-electron chi connectivity index (χ2n) is 6.80. The third kappa shape index (κ3) is 3.31. The number of fused-ring (bicyclic) bond motifs is 3. The van der Waals surface area contributed by atoms with Crippen molar-refractivity contribution in [1.82, 2.24) is 4.90 Å². The van der Waals surface area contributed by atoms with Crippen molar-refractivity contribution in [3.8, 4) is 0 Å². The number of carbonyl (C=O) groups excluding carboxylic acids is 2. The molecule has 134 valence electrons. The van der Waals surface area contributed by atoms with E-state index in [-0.39, 0.29) is 29.5 Å². The Kier molecular flexibility index (Phi) is 4.65. The van der Waals surface area contributed by atoms with Gasteiger partial charge in [-0.15, -0.1) is 0 Å². The first-order valence-electron chi connectivity index (χ1n) is 8.40. The first-order valence-corrected chi connectivity index (χ1v) is 8.40. The first kappa shape index (κ1) is 17.3. The molecule has 25 heavy (non-hydrogen) atoms. The summed E-state index contributed by atoms with van der Waals surface area (Å²) in [7, 11) is 1.35. The van der Waals surface area contributed by atoms with Crippen LogP contribution in [0.1, 0.15) is 35.2 Å². The topological polar surface area (TPSA) is 95.9 Å². The largest absolute Gasteiger partial charge is 0.478 e. The van der Waals surface area contributed by atoms with Crippen LogP contribution in [0, 0.1) is 18.8 Å². The van der Waals surface area contributed by atoms with Crippen LogP contribution in [-0.4, -0.2) is 47.7 Å². The Morgan fingerprint density at radius 2 is 2.04 bits per heavy atom. The molecule has 3 fully saturated rings. The minimum Gasteiger partial charge on any atom is -0.478 e. The van der Waals surface area contributed by atoms with E-state index in [9.17, 15) is 14.4 Å². The van der Waals surface area contributed by atoms with Crippen LogP contribution in [0.4, 0.5) is 10.5 Å². The molecular weight excluding hydrogens is 324 g/mol. The van der Waals surface area contributed by atoms with Gasteiger partial charge in [0.15, 0.2) is 0 Å². The minimum atomic E-state index is -0.992. The van der Waals surface area contributed by atoms with Gasteiger partial charge in [0, 0.05) is 18.3 Å². The van der Waals surface area contributed by atoms with E-state index in [1.807, 2.05) is 0 Å². The quantitative estimate of drug-likeness (QED) is 0.877. The number of piperidine rings is 2. The molecule has 3 unspecified atom stereocenters. The van der Waals surface area contributed by atoms with Crippen molar-refractivity contribution in [2.24, 2.45) is 11.8 Å². The number of carboxylic acid groups (broad SMARTS) is 1. The van der Waals surface area contributed by atoms with E-state index >= 15 is 0 Å². The number of benzene rings is 1. The maximum Gasteiger partial charge on any atom is 0.409 e. The van der Waals surface area contributed by atoms with Gasteiger partial charge >= 0.3 is 12.1 Å². The molecule has 0 aromatic heterocycles. The molecule has 1 aromatic rings. The van der Waals surface area contributed by atoms with Crippen LogP contribution in [-0.2, 0) is 9.53 Å². The van der Waals surface area contributed by atoms with E-state index in [1.54, 1.807) is 24.0 Å². The molecule has 0 spiro atoms. The van der Waals surface area contributed by atoms with Gasteiger partial charge in [-0.25, -0.2) is 9.59 Å². The lowest BCUT2D eigenvalue weighted by atomic mass is 9.72. The van der Waals surface area contributed by atoms with Gasteiger partial charge in [-0.3, -0.25) is 4.79 Å². The second kappa shape index (κ2) is 6.74. The summed E-state index contributed by atoms with van der Waals surface area (Å²) in [5, 5.41) is 12.0. The van der Waals surface area contributed by atoms with Crippen LogP contribution in [0.3, 0.4) is 0 Å². The fourth-order valence-corrected chi connectivity index (χ4v) is 4.02. The SMILES string of the molecule is COC(=O)N1CC2CCC1C(C(=O)Nc1ccc(C(=O)O)c(C)c1)C2. The average molecular weight is 346 g/mol. The number of carbonyl (C=O) groups is 3. The van der Waals surface area contributed by atoms with Crippen molar-refractivity contribution in [1.29, 1.82) is 0 Å². The van der Waals surface area contributed by atoms with Gasteiger partial charge in [0.05, 0.1) is 18.6 Å². The maximum absolute atomic E-state index is 12.7. The molecule has 2 N–H and O–H groups in total. The number of hydrogen-bond acceptors (Lipinski definition) is 4. The summed E-state index contributed by atoms with van der Waals surface area (Å²) < 4.78 is 4.84. The molecular formula is C18H22N2O5. The lowest BCUT2D eigenvalue weighted by molar-refractivity contribution is -0.126. The smallest absolute Gasteiger partial charge is 0.409 e. The Bertz CT molecular complexity index is 717. The fourth-order valence-electron chi connectivity index (χ4n) is 4.02. The Hall–Kier alpha value is -2.57. The highest BCUT2D eigenvalue weighted by molar-refractivity contribution is 5.95. The van der Waals surface area contributed by atoms with E-state index < -0.39 is 5.97 Å². The predicted octanol–water partition coefficient (Wildman–Crippen LogP) is 2.50. The normalized spacial score (nSPS) is 24.7. The molecule has 1 saturated carbocycles. The number of rotatable bonds is 3. The molecule has 1 aliphatic carbocycles. The second-order valence-corrected chi connectivity index (χ2v) is 6.80. The van der Waals surface area contributed by atoms with Gasteiger partial charge in [0.25, 0.3) is 0 Å². The van der Waals surface area contributed by atoms with E-state index in [0.717, 1.165) is 19.3 Å². The maximum atomic E-state index is 12.7. The summed E-state index contributed by atoms with van der Waals surface area (Å²) in [6.45, 7) is 2.34. The number of amides is 2. The first-order chi connectivity index (χ1) is 11.9. The van der Waals surface area contributed by atoms with E-state index in [2.05, 4.69) is 5.32 Å². The predicted molar refractivity (Wildman–Crippen MR) is 90.5 cm³/mol. The van der Waals surface area contributed by atoms with Crippen LogP contribution in [0.2, 0.25) is 0 Å². The molecule has 2 aliphatic heterocycles. The van der Waals surface area contributed by atoms with E-state index in [4.69, 9.17) is 9.84 Å². The third-order valence-corrected chi connectivity index (χ3v) is 5.25. The Labute approximate surface area is 146 Å². The number of aromatic carboxylic acids is 1. The minimum absolute atomic E-state index is 0.134. The number of methoxy groups -OCH3 is 1. The number of anilines is 1. The summed E-state index contributed by atoms with van der Waals surface area (Å²) in [6.07, 6.45) is 2.20. The lowest BCUT2D eigenvalue weighted by Gasteiger charge is -2.48. The molecule has 2 saturated heterocycles. The Morgan fingerprint density at radius 3 is 2.64 bits per heavy atom. The van der Waals surface area contributed by atoms with E-state index in [1.165, 1.54) is 13.2 Å². The number of carboxylic acids is 1. The molecule has 3 aliphatic rings. The molecule has 2 heterocycles. The molecule has 7 nitrogen and oxygen atoms in total. The molecule has 2 bridgehead atoms. The summed E-state index contributed by atoms with van der Waals surface area (Å²) in [5.74, 6) is -1.08. The Morgan fingerprint density at radius 1 is 1.28 bits per heavy atom. The number of ether oxygens (including phenoxy) is 1. The molecule has 4 rings (SSSR count). The Balaban J connectivity index is 1.74. The zero-order valence-corrected chi connectivity index (χ0v) is 14.3. The van der Waals surface area contributed by atoms with Crippen LogP contribution >= 0.6 is 0 Å². The summed E-state index contributed by atoms with van der Waals surface area (Å²) >= 11 is 0. The van der Waals surface area contributed by atoms with Crippen molar-refractivity contribution < 1.29 is 24.2 Å². The number of aryl methyl sites for hydroxylation is 1. The van der Waals surface area contributed by atoms with Crippen molar-refractivity contribution in [3.05, 3.63) is 29.3 Å². The van der Waals surface area contributed by atoms with Gasteiger partial charge in [0.2, 0.25) is 5.91 Å². The van der Waals surface area contributed by atoms with Crippen LogP contribution in [0.15, 0.2) is 18.2 Å². The summed E-state index contributed by atoms with van der Waals surface area (Å²) in [4.78, 5) is 37.4. The molecule has 7 heteroatoms. The van der Waals surface area contributed by atoms with Crippen molar-refractivity contribution >= 4 is 23.7 Å². The van der Waals surface area contributed by atoms with Gasteiger partial charge < -0.3 is 20.1 Å². The highest BCUT2D eigenvalue weighted by atomic mass is 16.5. The molecule has 2 amide bonds. The molecule has 0 radical (unpaired) electrons. The number of nitrogens with zero attached hydrogens (tertiary/aromatic N) is 1.